The van der Waals surface area contributed by atoms with Crippen LogP contribution in [-0.4, -0.2) is 95.9 Å². The number of hydrogen-bond donors (Lipinski definition) is 5. The van der Waals surface area contributed by atoms with Gasteiger partial charge in [-0.05, 0) is 198 Å². The van der Waals surface area contributed by atoms with Gasteiger partial charge in [0.15, 0.2) is 5.78 Å². The summed E-state index contributed by atoms with van der Waals surface area (Å²) in [6, 6.07) is 0. The number of hydrogen-bond acceptors (Lipinski definition) is 10. The van der Waals surface area contributed by atoms with Crippen molar-refractivity contribution in [2.75, 3.05) is 32.8 Å². The first kappa shape index (κ1) is 58.9. The molecule has 2 aromatic heterocycles. The number of alkyl halides is 1. The molecule has 0 spiro atoms. The predicted molar refractivity (Wildman–Crippen MR) is 281 cm³/mol. The number of rotatable bonds is 11. The predicted octanol–water partition coefficient (Wildman–Crippen LogP) is 10.8. The first-order chi connectivity index (χ1) is 31.9. The Bertz CT molecular complexity index is 1990. The quantitative estimate of drug-likeness (QED) is 0.136. The van der Waals surface area contributed by atoms with E-state index in [9.17, 15) is 24.9 Å². The summed E-state index contributed by atoms with van der Waals surface area (Å²) in [6.07, 6.45) is 26.6. The molecule has 10 rings (SSSR count). The summed E-state index contributed by atoms with van der Waals surface area (Å²) in [5, 5.41) is 50.2. The molecule has 13 heteroatoms. The molecule has 16 atom stereocenters. The van der Waals surface area contributed by atoms with Crippen LogP contribution >= 0.6 is 15.9 Å². The Morgan fingerprint density at radius 2 is 1.14 bits per heavy atom. The molecule has 0 unspecified atom stereocenters. The number of carbonyl (C=O) groups is 2. The average molecular weight is 1050 g/mol. The lowest BCUT2D eigenvalue weighted by molar-refractivity contribution is -0.175. The lowest BCUT2D eigenvalue weighted by atomic mass is 9.43. The van der Waals surface area contributed by atoms with E-state index < -0.39 is 11.2 Å². The van der Waals surface area contributed by atoms with Crippen LogP contribution in [0, 0.1) is 80.8 Å². The van der Waals surface area contributed by atoms with Crippen molar-refractivity contribution in [3.05, 3.63) is 35.9 Å². The molecule has 2 heterocycles. The van der Waals surface area contributed by atoms with Crippen LogP contribution in [0.4, 0.5) is 0 Å². The van der Waals surface area contributed by atoms with Crippen LogP contribution in [0.1, 0.15) is 177 Å². The maximum atomic E-state index is 13.4. The van der Waals surface area contributed by atoms with Gasteiger partial charge >= 0.3 is 0 Å². The van der Waals surface area contributed by atoms with Crippen molar-refractivity contribution < 1.29 is 39.5 Å². The number of fused-ring (bicyclic) bond motifs is 10. The smallest absolute Gasteiger partial charge is 0.157 e. The van der Waals surface area contributed by atoms with E-state index in [1.807, 2.05) is 28.1 Å². The number of halogens is 1. The number of aromatic nitrogens is 4. The van der Waals surface area contributed by atoms with E-state index >= 15 is 0 Å². The molecule has 0 saturated heterocycles. The maximum absolute atomic E-state index is 13.4. The minimum atomic E-state index is -0.537. The van der Waals surface area contributed by atoms with Crippen LogP contribution in [0.3, 0.4) is 0 Å². The number of H-pyrrole nitrogens is 1. The van der Waals surface area contributed by atoms with E-state index in [0.717, 1.165) is 94.5 Å². The molecule has 8 saturated carbocycles. The van der Waals surface area contributed by atoms with Crippen LogP contribution in [0.5, 0.6) is 0 Å². The number of Topliss-reactive ketones (excluding diaryl/α,β-unsaturated/α-hetero) is 2. The summed E-state index contributed by atoms with van der Waals surface area (Å²) >= 11 is 3.43. The lowest BCUT2D eigenvalue weighted by Crippen LogP contribution is -2.58. The fourth-order valence-corrected chi connectivity index (χ4v) is 18.3. The van der Waals surface area contributed by atoms with E-state index in [4.69, 9.17) is 14.6 Å². The van der Waals surface area contributed by atoms with E-state index in [1.54, 1.807) is 29.5 Å². The SMILES string of the molecule is C.C.C.COC[C@]12CC[C@@](C)(O)C[C@@H]1CC[C@H]1[C@@H]3CC[C@H](C(=O)CBr)[C@@]3(C)CC[C@@H]12.COC[C@]12CC[C@@](C)(O)C[C@@H]1CC[C@H]1[C@@H]3CC[C@H](C(=O)Cn4cc(CO)cn4)[C@@]3(C)CC[C@@H]12.OCc1cn[nH]c1. The second kappa shape index (κ2) is 23.3. The normalized spacial score (nSPS) is 42.0. The second-order valence-electron chi connectivity index (χ2n) is 24.4. The molecule has 0 amide bonds. The molecule has 0 bridgehead atoms. The Hall–Kier alpha value is -2.00. The standard InChI is InChI=1S/C27H42N2O4.C23H37BrO3.C4H6N2O.3CH4/c1-25(32)10-11-27(17-33-3)19(12-25)4-5-20-21-6-7-23(26(21,2)9-8-22(20)27)24(31)15-29-14-18(16-30)13-28-29;1-21(26)10-11-23(14-27-3)15(12-21)4-5-16-17-6-7-19(20(25)13-24)22(17,2)9-8-18(16)23;7-3-4-1-5-6-2-4;;;/h13-14,19-23,30,32H,4-12,15-17H2,1-3H3;15-19,26H,4-14H2,1-3H3;1-2,7H,3H2,(H,5,6);3*1H4/t19-,20-,21-,22-,23+,25+,26-,27+;15-,16-,17-,18-,19+,21+,22-,23+;;;;/m00..../s1. The molecule has 8 aliphatic carbocycles. The number of aliphatic hydroxyl groups excluding tert-OH is 2. The summed E-state index contributed by atoms with van der Waals surface area (Å²) in [5.74, 6) is 6.30. The van der Waals surface area contributed by atoms with Crippen molar-refractivity contribution in [1.29, 1.82) is 0 Å². The van der Waals surface area contributed by atoms with E-state index in [-0.39, 0.29) is 69.0 Å². The van der Waals surface area contributed by atoms with Crippen molar-refractivity contribution in [3.8, 4) is 0 Å². The van der Waals surface area contributed by atoms with Crippen molar-refractivity contribution in [3.63, 3.8) is 0 Å². The maximum Gasteiger partial charge on any atom is 0.157 e. The number of nitrogens with one attached hydrogen (secondary N) is 1. The highest BCUT2D eigenvalue weighted by Gasteiger charge is 2.65. The highest BCUT2D eigenvalue weighted by Crippen LogP contribution is 2.70. The number of ether oxygens (including phenoxy) is 2. The Labute approximate surface area is 431 Å². The largest absolute Gasteiger partial charge is 0.392 e. The summed E-state index contributed by atoms with van der Waals surface area (Å²) in [5.41, 5.74) is 1.26. The van der Waals surface area contributed by atoms with E-state index in [1.165, 1.54) is 51.4 Å². The topological polar surface area (TPSA) is 180 Å². The average Bonchev–Trinajstić information content (AvgIpc) is 4.13. The Morgan fingerprint density at radius 3 is 1.54 bits per heavy atom. The van der Waals surface area contributed by atoms with Gasteiger partial charge in [-0.25, -0.2) is 0 Å². The summed E-state index contributed by atoms with van der Waals surface area (Å²) in [6.45, 7) is 10.9. The highest BCUT2D eigenvalue weighted by atomic mass is 79.9. The molecule has 2 aromatic rings. The summed E-state index contributed by atoms with van der Waals surface area (Å²) < 4.78 is 13.4. The summed E-state index contributed by atoms with van der Waals surface area (Å²) in [4.78, 5) is 26.0. The molecule has 5 N–H and O–H groups in total. The molecule has 12 nitrogen and oxygen atoms in total. The molecular weight excluding hydrogens is 949 g/mol. The molecule has 8 fully saturated rings. The van der Waals surface area contributed by atoms with Gasteiger partial charge in [0.25, 0.3) is 0 Å². The molecule has 8 aliphatic rings. The van der Waals surface area contributed by atoms with E-state index in [0.29, 0.717) is 64.9 Å². The third kappa shape index (κ3) is 10.9. The number of nitrogens with zero attached hydrogens (tertiary/aromatic N) is 3. The van der Waals surface area contributed by atoms with Crippen LogP contribution in [0.25, 0.3) is 0 Å². The Morgan fingerprint density at radius 1 is 0.657 bits per heavy atom. The molecule has 0 aliphatic heterocycles. The first-order valence-corrected chi connectivity index (χ1v) is 27.3. The number of ketones is 2. The van der Waals surface area contributed by atoms with Gasteiger partial charge in [0, 0.05) is 49.6 Å². The van der Waals surface area contributed by atoms with Crippen LogP contribution < -0.4 is 0 Å². The molecule has 0 aromatic carbocycles. The number of aliphatic hydroxyl groups is 4. The molecule has 400 valence electrons. The van der Waals surface area contributed by atoms with Crippen LogP contribution in [-0.2, 0) is 38.8 Å². The zero-order chi connectivity index (χ0) is 48.0. The molecule has 70 heavy (non-hydrogen) atoms. The number of methoxy groups -OCH3 is 2. The van der Waals surface area contributed by atoms with Gasteiger partial charge < -0.3 is 29.9 Å². The second-order valence-corrected chi connectivity index (χ2v) is 25.0. The van der Waals surface area contributed by atoms with Crippen LogP contribution in [0.2, 0.25) is 0 Å². The van der Waals surface area contributed by atoms with Gasteiger partial charge in [-0.3, -0.25) is 19.4 Å². The van der Waals surface area contributed by atoms with E-state index in [2.05, 4.69) is 45.1 Å². The minimum Gasteiger partial charge on any atom is -0.392 e. The summed E-state index contributed by atoms with van der Waals surface area (Å²) in [7, 11) is 3.70. The zero-order valence-electron chi connectivity index (χ0n) is 41.7. The third-order valence-corrected chi connectivity index (χ3v) is 21.5. The van der Waals surface area contributed by atoms with Gasteiger partial charge in [-0.1, -0.05) is 52.1 Å². The third-order valence-electron chi connectivity index (χ3n) is 21.0. The van der Waals surface area contributed by atoms with Gasteiger partial charge in [-0.15, -0.1) is 0 Å². The lowest BCUT2D eigenvalue weighted by Gasteiger charge is -2.62. The highest BCUT2D eigenvalue weighted by molar-refractivity contribution is 9.09. The van der Waals surface area contributed by atoms with Crippen LogP contribution in [0.15, 0.2) is 24.8 Å². The minimum absolute atomic E-state index is 0. The van der Waals surface area contributed by atoms with Gasteiger partial charge in [0.05, 0.1) is 61.9 Å². The Balaban J connectivity index is 0.000000223. The van der Waals surface area contributed by atoms with Gasteiger partial charge in [0.1, 0.15) is 5.78 Å². The number of carbonyl (C=O) groups excluding carboxylic acids is 2. The van der Waals surface area contributed by atoms with Crippen molar-refractivity contribution in [1.82, 2.24) is 20.0 Å². The van der Waals surface area contributed by atoms with Crippen molar-refractivity contribution >= 4 is 27.5 Å². The number of aromatic amines is 1. The first-order valence-electron chi connectivity index (χ1n) is 26.2. The molecular formula is C57H97BrN4O8. The van der Waals surface area contributed by atoms with Gasteiger partial charge in [0.2, 0.25) is 0 Å². The van der Waals surface area contributed by atoms with Crippen molar-refractivity contribution in [2.24, 2.45) is 80.8 Å². The zero-order valence-corrected chi connectivity index (χ0v) is 43.3. The fourth-order valence-electron chi connectivity index (χ4n) is 17.9. The van der Waals surface area contributed by atoms with Gasteiger partial charge in [-0.2, -0.15) is 10.2 Å². The fraction of sp³-hybridized carbons (Fsp3) is 0.860. The molecule has 0 radical (unpaired) electrons. The Kier molecular flexibility index (Phi) is 19.6. The monoisotopic (exact) mass is 1040 g/mol. The van der Waals surface area contributed by atoms with Crippen molar-refractivity contribution in [2.45, 2.75) is 197 Å².